The molecule has 2 nitrogen and oxygen atoms in total. The van der Waals surface area contributed by atoms with Gasteiger partial charge in [0, 0.05) is 5.02 Å². The third kappa shape index (κ3) is 2.48. The van der Waals surface area contributed by atoms with Crippen LogP contribution in [0.4, 0.5) is 0 Å². The van der Waals surface area contributed by atoms with E-state index in [2.05, 4.69) is 11.4 Å². The van der Waals surface area contributed by atoms with Crippen molar-refractivity contribution in [3.05, 3.63) is 34.9 Å². The number of aliphatic imine (C=N–C) groups is 1. The van der Waals surface area contributed by atoms with Crippen LogP contribution in [-0.4, -0.2) is 19.0 Å². The van der Waals surface area contributed by atoms with Crippen molar-refractivity contribution >= 4 is 18.0 Å². The van der Waals surface area contributed by atoms with E-state index in [9.17, 15) is 0 Å². The normalized spacial score (nSPS) is 19.6. The predicted octanol–water partition coefficient (Wildman–Crippen LogP) is 2.58. The molecule has 1 aliphatic rings. The molecule has 73 valence electrons. The molecule has 3 heteroatoms. The number of nitrogens with zero attached hydrogens (tertiary/aromatic N) is 1. The van der Waals surface area contributed by atoms with Gasteiger partial charge in [-0.3, -0.25) is 0 Å². The van der Waals surface area contributed by atoms with Crippen molar-refractivity contribution in [1.82, 2.24) is 0 Å². The molecule has 0 fully saturated rings. The Hall–Kier alpha value is -1.02. The van der Waals surface area contributed by atoms with E-state index in [1.54, 1.807) is 0 Å². The fourth-order valence-electron chi connectivity index (χ4n) is 1.41. The Morgan fingerprint density at radius 3 is 2.86 bits per heavy atom. The molecule has 0 spiro atoms. The minimum absolute atomic E-state index is 0.283. The Labute approximate surface area is 88.6 Å². The number of hydrogen-bond acceptors (Lipinski definition) is 2. The van der Waals surface area contributed by atoms with E-state index in [0.717, 1.165) is 17.9 Å². The zero-order valence-corrected chi connectivity index (χ0v) is 8.50. The molecule has 1 aromatic rings. The number of halogens is 1. The lowest BCUT2D eigenvalue weighted by molar-refractivity contribution is 0.322. The number of rotatable bonds is 3. The van der Waals surface area contributed by atoms with Gasteiger partial charge in [0.05, 0.1) is 6.04 Å². The first-order valence-corrected chi connectivity index (χ1v) is 5.03. The molecule has 0 N–H and O–H groups in total. The molecule has 1 atom stereocenters. The minimum atomic E-state index is 0.283. The lowest BCUT2D eigenvalue weighted by Gasteiger charge is -2.04. The maximum absolute atomic E-state index is 5.79. The summed E-state index contributed by atoms with van der Waals surface area (Å²) in [6.45, 7) is 0.674. The number of aryl methyl sites for hydroxylation is 1. The van der Waals surface area contributed by atoms with Crippen LogP contribution in [0.1, 0.15) is 12.0 Å². The van der Waals surface area contributed by atoms with Crippen LogP contribution >= 0.6 is 11.6 Å². The Kier molecular flexibility index (Phi) is 3.04. The average Bonchev–Trinajstić information content (AvgIpc) is 2.70. The molecule has 0 saturated carbocycles. The summed E-state index contributed by atoms with van der Waals surface area (Å²) in [4.78, 5) is 4.07. The van der Waals surface area contributed by atoms with E-state index in [1.165, 1.54) is 5.56 Å². The largest absolute Gasteiger partial charge is 0.472 e. The van der Waals surface area contributed by atoms with Gasteiger partial charge in [-0.1, -0.05) is 23.7 Å². The van der Waals surface area contributed by atoms with Crippen molar-refractivity contribution in [3.63, 3.8) is 0 Å². The molecule has 0 aliphatic carbocycles. The number of benzene rings is 1. The van der Waals surface area contributed by atoms with E-state index < -0.39 is 0 Å². The van der Waals surface area contributed by atoms with Gasteiger partial charge >= 0.3 is 0 Å². The minimum Gasteiger partial charge on any atom is -0.472 e. The molecular weight excluding hydrogens is 198 g/mol. The lowest BCUT2D eigenvalue weighted by atomic mass is 10.1. The summed E-state index contributed by atoms with van der Waals surface area (Å²) >= 11 is 5.79. The maximum Gasteiger partial charge on any atom is 0.273 e. The molecule has 1 radical (unpaired) electrons. The van der Waals surface area contributed by atoms with Gasteiger partial charge in [0.1, 0.15) is 6.61 Å². The van der Waals surface area contributed by atoms with Crippen molar-refractivity contribution in [1.29, 1.82) is 0 Å². The second-order valence-electron chi connectivity index (χ2n) is 3.35. The molecule has 1 aliphatic heterocycles. The first-order valence-electron chi connectivity index (χ1n) is 4.66. The first kappa shape index (κ1) is 9.53. The van der Waals surface area contributed by atoms with Crippen LogP contribution in [0.25, 0.3) is 0 Å². The highest BCUT2D eigenvalue weighted by molar-refractivity contribution is 6.30. The third-order valence-corrected chi connectivity index (χ3v) is 2.51. The van der Waals surface area contributed by atoms with E-state index in [-0.39, 0.29) is 6.04 Å². The SMILES string of the molecule is Clc1ccc(CCC2CO[C]=N2)cc1. The van der Waals surface area contributed by atoms with E-state index >= 15 is 0 Å². The molecule has 1 aromatic carbocycles. The van der Waals surface area contributed by atoms with Crippen molar-refractivity contribution in [2.24, 2.45) is 4.99 Å². The van der Waals surface area contributed by atoms with Crippen LogP contribution in [0.2, 0.25) is 5.02 Å². The van der Waals surface area contributed by atoms with Gasteiger partial charge in [0.25, 0.3) is 6.40 Å². The summed E-state index contributed by atoms with van der Waals surface area (Å²) in [5.74, 6) is 0. The highest BCUT2D eigenvalue weighted by atomic mass is 35.5. The van der Waals surface area contributed by atoms with Crippen molar-refractivity contribution in [2.45, 2.75) is 18.9 Å². The molecule has 0 amide bonds. The summed E-state index contributed by atoms with van der Waals surface area (Å²) < 4.78 is 4.93. The summed E-state index contributed by atoms with van der Waals surface area (Å²) in [6.07, 6.45) is 4.54. The summed E-state index contributed by atoms with van der Waals surface area (Å²) in [6, 6.07) is 8.21. The van der Waals surface area contributed by atoms with Gasteiger partial charge < -0.3 is 4.74 Å². The Morgan fingerprint density at radius 2 is 2.21 bits per heavy atom. The topological polar surface area (TPSA) is 21.6 Å². The van der Waals surface area contributed by atoms with Crippen LogP contribution in [0.3, 0.4) is 0 Å². The maximum atomic E-state index is 5.79. The third-order valence-electron chi connectivity index (χ3n) is 2.26. The monoisotopic (exact) mass is 208 g/mol. The second kappa shape index (κ2) is 4.47. The summed E-state index contributed by atoms with van der Waals surface area (Å²) in [5, 5.41) is 0.782. The molecule has 0 saturated heterocycles. The summed E-state index contributed by atoms with van der Waals surface area (Å²) in [7, 11) is 0. The van der Waals surface area contributed by atoms with Crippen LogP contribution in [-0.2, 0) is 11.2 Å². The van der Waals surface area contributed by atoms with Gasteiger partial charge in [0.15, 0.2) is 0 Å². The molecule has 0 aromatic heterocycles. The fourth-order valence-corrected chi connectivity index (χ4v) is 1.54. The fraction of sp³-hybridized carbons (Fsp3) is 0.364. The Bertz CT molecular complexity index is 321. The van der Waals surface area contributed by atoms with E-state index in [1.807, 2.05) is 24.3 Å². The van der Waals surface area contributed by atoms with E-state index in [4.69, 9.17) is 16.3 Å². The average molecular weight is 209 g/mol. The highest BCUT2D eigenvalue weighted by Crippen LogP contribution is 2.13. The van der Waals surface area contributed by atoms with E-state index in [0.29, 0.717) is 6.61 Å². The van der Waals surface area contributed by atoms with Gasteiger partial charge in [-0.05, 0) is 30.5 Å². The second-order valence-corrected chi connectivity index (χ2v) is 3.79. The van der Waals surface area contributed by atoms with Crippen LogP contribution in [0.15, 0.2) is 29.3 Å². The van der Waals surface area contributed by atoms with Crippen LogP contribution in [0, 0.1) is 0 Å². The standard InChI is InChI=1S/C11H11ClNO/c12-10-4-1-9(2-5-10)3-6-11-7-14-8-13-11/h1-2,4-5,11H,3,6-7H2. The van der Waals surface area contributed by atoms with Crippen molar-refractivity contribution in [3.8, 4) is 0 Å². The van der Waals surface area contributed by atoms with Crippen LogP contribution in [0.5, 0.6) is 0 Å². The van der Waals surface area contributed by atoms with Crippen molar-refractivity contribution in [2.75, 3.05) is 6.61 Å². The quantitative estimate of drug-likeness (QED) is 0.748. The smallest absolute Gasteiger partial charge is 0.273 e. The molecule has 14 heavy (non-hydrogen) atoms. The Balaban J connectivity index is 1.85. The molecule has 2 rings (SSSR count). The van der Waals surface area contributed by atoms with Gasteiger partial charge in [-0.2, -0.15) is 0 Å². The molecule has 0 bridgehead atoms. The van der Waals surface area contributed by atoms with Crippen molar-refractivity contribution < 1.29 is 4.74 Å². The lowest BCUT2D eigenvalue weighted by Crippen LogP contribution is -2.07. The molecule has 1 heterocycles. The predicted molar refractivity (Wildman–Crippen MR) is 56.9 cm³/mol. The highest BCUT2D eigenvalue weighted by Gasteiger charge is 2.11. The zero-order chi connectivity index (χ0) is 9.80. The summed E-state index contributed by atoms with van der Waals surface area (Å²) in [5.41, 5.74) is 1.29. The van der Waals surface area contributed by atoms with Crippen LogP contribution < -0.4 is 0 Å². The Morgan fingerprint density at radius 1 is 1.43 bits per heavy atom. The number of ether oxygens (including phenoxy) is 1. The number of hydrogen-bond donors (Lipinski definition) is 0. The van der Waals surface area contributed by atoms with Gasteiger partial charge in [0.2, 0.25) is 0 Å². The first-order chi connectivity index (χ1) is 6.84. The zero-order valence-electron chi connectivity index (χ0n) is 7.74. The molecular formula is C11H11ClNO. The van der Waals surface area contributed by atoms with Gasteiger partial charge in [-0.25, -0.2) is 4.99 Å². The van der Waals surface area contributed by atoms with Gasteiger partial charge in [-0.15, -0.1) is 0 Å². The molecule has 1 unspecified atom stereocenters.